The third-order valence-electron chi connectivity index (χ3n) is 1.71. The Hall–Kier alpha value is -2.17. The van der Waals surface area contributed by atoms with Crippen LogP contribution in [0.5, 0.6) is 17.4 Å². The highest BCUT2D eigenvalue weighted by Crippen LogP contribution is 2.37. The lowest BCUT2D eigenvalue weighted by atomic mass is 10.2. The number of halogens is 3. The Morgan fingerprint density at radius 2 is 1.94 bits per heavy atom. The van der Waals surface area contributed by atoms with Gasteiger partial charge in [-0.3, -0.25) is 0 Å². The number of nitriles is 1. The zero-order valence-corrected chi connectivity index (χ0v) is 8.83. The minimum atomic E-state index is -4.95. The SMILES string of the molecule is COc1cnc(OC)c(OC(F)(F)F)c1C#N. The van der Waals surface area contributed by atoms with Gasteiger partial charge in [-0.15, -0.1) is 13.2 Å². The van der Waals surface area contributed by atoms with Gasteiger partial charge in [0.25, 0.3) is 5.88 Å². The van der Waals surface area contributed by atoms with Crippen LogP contribution in [0.25, 0.3) is 0 Å². The zero-order chi connectivity index (χ0) is 13.1. The van der Waals surface area contributed by atoms with Crippen LogP contribution in [-0.4, -0.2) is 25.6 Å². The highest BCUT2D eigenvalue weighted by Gasteiger charge is 2.35. The summed E-state index contributed by atoms with van der Waals surface area (Å²) in [6.07, 6.45) is -3.88. The van der Waals surface area contributed by atoms with Crippen LogP contribution in [-0.2, 0) is 0 Å². The van der Waals surface area contributed by atoms with Crippen molar-refractivity contribution in [3.63, 3.8) is 0 Å². The Labute approximate surface area is 94.3 Å². The van der Waals surface area contributed by atoms with Gasteiger partial charge in [0.15, 0.2) is 5.75 Å². The summed E-state index contributed by atoms with van der Waals surface area (Å²) in [5, 5.41) is 8.79. The van der Waals surface area contributed by atoms with E-state index in [1.807, 2.05) is 0 Å². The molecule has 92 valence electrons. The van der Waals surface area contributed by atoms with Crippen LogP contribution in [0.2, 0.25) is 0 Å². The first-order valence-corrected chi connectivity index (χ1v) is 4.19. The number of pyridine rings is 1. The van der Waals surface area contributed by atoms with E-state index in [4.69, 9.17) is 10.00 Å². The number of ether oxygens (including phenoxy) is 3. The van der Waals surface area contributed by atoms with Crippen molar-refractivity contribution in [1.82, 2.24) is 4.98 Å². The molecule has 0 N–H and O–H groups in total. The topological polar surface area (TPSA) is 64.4 Å². The number of hydrogen-bond acceptors (Lipinski definition) is 5. The van der Waals surface area contributed by atoms with Gasteiger partial charge in [-0.1, -0.05) is 0 Å². The van der Waals surface area contributed by atoms with Crippen LogP contribution in [0.15, 0.2) is 6.20 Å². The minimum absolute atomic E-state index is 0.132. The van der Waals surface area contributed by atoms with Crippen molar-refractivity contribution < 1.29 is 27.4 Å². The second-order valence-electron chi connectivity index (χ2n) is 2.70. The van der Waals surface area contributed by atoms with Crippen molar-refractivity contribution in [3.8, 4) is 23.4 Å². The van der Waals surface area contributed by atoms with Gasteiger partial charge < -0.3 is 14.2 Å². The molecule has 17 heavy (non-hydrogen) atoms. The Kier molecular flexibility index (Phi) is 3.62. The maximum Gasteiger partial charge on any atom is 0.573 e. The number of nitrogens with zero attached hydrogens (tertiary/aromatic N) is 2. The smallest absolute Gasteiger partial charge is 0.494 e. The third kappa shape index (κ3) is 2.90. The summed E-state index contributed by atoms with van der Waals surface area (Å²) in [6.45, 7) is 0. The second kappa shape index (κ2) is 4.78. The molecule has 0 atom stereocenters. The normalized spacial score (nSPS) is 10.6. The molecular weight excluding hydrogens is 241 g/mol. The molecule has 5 nitrogen and oxygen atoms in total. The van der Waals surface area contributed by atoms with Gasteiger partial charge in [-0.25, -0.2) is 4.98 Å². The maximum absolute atomic E-state index is 12.2. The number of aromatic nitrogens is 1. The lowest BCUT2D eigenvalue weighted by Crippen LogP contribution is -2.19. The molecule has 0 aliphatic carbocycles. The maximum atomic E-state index is 12.2. The monoisotopic (exact) mass is 248 g/mol. The molecule has 8 heteroatoms. The molecular formula is C9H7F3N2O3. The van der Waals surface area contributed by atoms with Gasteiger partial charge in [0.05, 0.1) is 20.4 Å². The lowest BCUT2D eigenvalue weighted by Gasteiger charge is -2.14. The van der Waals surface area contributed by atoms with E-state index < -0.39 is 23.6 Å². The Bertz CT molecular complexity index is 454. The van der Waals surface area contributed by atoms with E-state index in [9.17, 15) is 13.2 Å². The molecule has 0 aromatic carbocycles. The van der Waals surface area contributed by atoms with E-state index in [0.717, 1.165) is 13.3 Å². The van der Waals surface area contributed by atoms with Crippen molar-refractivity contribution in [2.45, 2.75) is 6.36 Å². The number of rotatable bonds is 3. The quantitative estimate of drug-likeness (QED) is 0.816. The Morgan fingerprint density at radius 3 is 2.35 bits per heavy atom. The van der Waals surface area contributed by atoms with Gasteiger partial charge in [0, 0.05) is 0 Å². The van der Waals surface area contributed by atoms with Crippen molar-refractivity contribution in [2.24, 2.45) is 0 Å². The van der Waals surface area contributed by atoms with E-state index >= 15 is 0 Å². The molecule has 0 aliphatic rings. The summed E-state index contributed by atoms with van der Waals surface area (Å²) < 4.78 is 49.5. The standard InChI is InChI=1S/C9H7F3N2O3/c1-15-6-4-14-8(16-2)7(5(6)3-13)17-9(10,11)12/h4H,1-2H3. The van der Waals surface area contributed by atoms with Crippen molar-refractivity contribution >= 4 is 0 Å². The van der Waals surface area contributed by atoms with Crippen LogP contribution in [0, 0.1) is 11.3 Å². The molecule has 0 saturated heterocycles. The molecule has 0 fully saturated rings. The number of methoxy groups -OCH3 is 2. The highest BCUT2D eigenvalue weighted by atomic mass is 19.4. The largest absolute Gasteiger partial charge is 0.573 e. The van der Waals surface area contributed by atoms with Crippen molar-refractivity contribution in [1.29, 1.82) is 5.26 Å². The first kappa shape index (κ1) is 12.9. The molecule has 0 unspecified atom stereocenters. The highest BCUT2D eigenvalue weighted by molar-refractivity contribution is 5.56. The van der Waals surface area contributed by atoms with E-state index in [0.29, 0.717) is 0 Å². The van der Waals surface area contributed by atoms with Crippen molar-refractivity contribution in [3.05, 3.63) is 11.8 Å². The molecule has 0 radical (unpaired) electrons. The Balaban J connectivity index is 3.36. The van der Waals surface area contributed by atoms with Gasteiger partial charge in [0.1, 0.15) is 11.6 Å². The average molecular weight is 248 g/mol. The van der Waals surface area contributed by atoms with E-state index in [2.05, 4.69) is 14.5 Å². The molecule has 1 aromatic heterocycles. The van der Waals surface area contributed by atoms with Crippen LogP contribution < -0.4 is 14.2 Å². The second-order valence-corrected chi connectivity index (χ2v) is 2.70. The molecule has 1 aromatic rings. The number of hydrogen-bond donors (Lipinski definition) is 0. The van der Waals surface area contributed by atoms with E-state index in [1.54, 1.807) is 6.07 Å². The van der Waals surface area contributed by atoms with Gasteiger partial charge in [-0.05, 0) is 0 Å². The first-order valence-electron chi connectivity index (χ1n) is 4.19. The lowest BCUT2D eigenvalue weighted by molar-refractivity contribution is -0.275. The molecule has 0 aliphatic heterocycles. The number of alkyl halides is 3. The van der Waals surface area contributed by atoms with Gasteiger partial charge in [0.2, 0.25) is 5.75 Å². The summed E-state index contributed by atoms with van der Waals surface area (Å²) in [5.74, 6) is -1.39. The molecule has 0 saturated carbocycles. The fourth-order valence-corrected chi connectivity index (χ4v) is 1.08. The van der Waals surface area contributed by atoms with Crippen LogP contribution in [0.3, 0.4) is 0 Å². The summed E-state index contributed by atoms with van der Waals surface area (Å²) in [7, 11) is 2.31. The minimum Gasteiger partial charge on any atom is -0.494 e. The van der Waals surface area contributed by atoms with Crippen LogP contribution >= 0.6 is 0 Å². The first-order chi connectivity index (χ1) is 7.92. The molecule has 1 rings (SSSR count). The molecule has 0 amide bonds. The summed E-state index contributed by atoms with van der Waals surface area (Å²) in [4.78, 5) is 3.54. The predicted molar refractivity (Wildman–Crippen MR) is 48.7 cm³/mol. The van der Waals surface area contributed by atoms with Crippen LogP contribution in [0.4, 0.5) is 13.2 Å². The Morgan fingerprint density at radius 1 is 1.29 bits per heavy atom. The zero-order valence-electron chi connectivity index (χ0n) is 8.83. The molecule has 1 heterocycles. The molecule has 0 spiro atoms. The molecule has 0 bridgehead atoms. The fourth-order valence-electron chi connectivity index (χ4n) is 1.08. The summed E-state index contributed by atoms with van der Waals surface area (Å²) in [5.41, 5.74) is -0.434. The fraction of sp³-hybridized carbons (Fsp3) is 0.333. The summed E-state index contributed by atoms with van der Waals surface area (Å²) in [6, 6.07) is 1.54. The van der Waals surface area contributed by atoms with Gasteiger partial charge >= 0.3 is 6.36 Å². The van der Waals surface area contributed by atoms with E-state index in [-0.39, 0.29) is 5.75 Å². The van der Waals surface area contributed by atoms with Crippen molar-refractivity contribution in [2.75, 3.05) is 14.2 Å². The van der Waals surface area contributed by atoms with E-state index in [1.165, 1.54) is 7.11 Å². The predicted octanol–water partition coefficient (Wildman–Crippen LogP) is 1.87. The summed E-state index contributed by atoms with van der Waals surface area (Å²) >= 11 is 0. The van der Waals surface area contributed by atoms with Crippen LogP contribution in [0.1, 0.15) is 5.56 Å². The average Bonchev–Trinajstić information content (AvgIpc) is 2.26. The van der Waals surface area contributed by atoms with Gasteiger partial charge in [-0.2, -0.15) is 5.26 Å². The third-order valence-corrected chi connectivity index (χ3v) is 1.71.